The first kappa shape index (κ1) is 16.1. The van der Waals surface area contributed by atoms with Gasteiger partial charge in [-0.3, -0.25) is 4.79 Å². The van der Waals surface area contributed by atoms with E-state index in [1.165, 1.54) is 0 Å². The molecule has 1 fully saturated rings. The van der Waals surface area contributed by atoms with Crippen molar-refractivity contribution in [3.8, 4) is 5.75 Å². The van der Waals surface area contributed by atoms with Gasteiger partial charge in [0.1, 0.15) is 11.4 Å². The third-order valence-electron chi connectivity index (χ3n) is 4.07. The molecule has 0 aliphatic carbocycles. The highest BCUT2D eigenvalue weighted by molar-refractivity contribution is 5.85. The van der Waals surface area contributed by atoms with Crippen LogP contribution in [-0.2, 0) is 4.79 Å². The lowest BCUT2D eigenvalue weighted by Crippen LogP contribution is -2.46. The van der Waals surface area contributed by atoms with Crippen LogP contribution in [0.2, 0.25) is 0 Å². The molecule has 1 amide bonds. The lowest BCUT2D eigenvalue weighted by molar-refractivity contribution is -0.124. The van der Waals surface area contributed by atoms with Crippen LogP contribution < -0.4 is 15.4 Å². The van der Waals surface area contributed by atoms with E-state index < -0.39 is 0 Å². The summed E-state index contributed by atoms with van der Waals surface area (Å²) < 4.78 is 5.99. The lowest BCUT2D eigenvalue weighted by atomic mass is 9.89. The van der Waals surface area contributed by atoms with Crippen LogP contribution in [-0.4, -0.2) is 24.1 Å². The Morgan fingerprint density at radius 3 is 2.86 bits per heavy atom. The highest BCUT2D eigenvalue weighted by Crippen LogP contribution is 2.39. The number of ether oxygens (including phenoxy) is 1. The zero-order chi connectivity index (χ0) is 14.2. The number of rotatable bonds is 2. The van der Waals surface area contributed by atoms with Crippen molar-refractivity contribution in [2.24, 2.45) is 0 Å². The molecule has 5 heteroatoms. The van der Waals surface area contributed by atoms with Gasteiger partial charge in [-0.15, -0.1) is 12.4 Å². The number of halogens is 1. The molecule has 0 radical (unpaired) electrons. The third-order valence-corrected chi connectivity index (χ3v) is 4.07. The first-order chi connectivity index (χ1) is 9.55. The average Bonchev–Trinajstić information content (AvgIpc) is 2.91. The van der Waals surface area contributed by atoms with Crippen LogP contribution in [0.5, 0.6) is 5.75 Å². The van der Waals surface area contributed by atoms with Crippen molar-refractivity contribution in [1.82, 2.24) is 10.6 Å². The van der Waals surface area contributed by atoms with Crippen molar-refractivity contribution in [3.63, 3.8) is 0 Å². The summed E-state index contributed by atoms with van der Waals surface area (Å²) >= 11 is 0. The second-order valence-corrected chi connectivity index (χ2v) is 6.31. The van der Waals surface area contributed by atoms with Crippen molar-refractivity contribution in [2.45, 2.75) is 50.8 Å². The summed E-state index contributed by atoms with van der Waals surface area (Å²) in [6, 6.07) is 7.98. The summed E-state index contributed by atoms with van der Waals surface area (Å²) in [7, 11) is 0. The van der Waals surface area contributed by atoms with E-state index in [1.54, 1.807) is 0 Å². The van der Waals surface area contributed by atoms with Gasteiger partial charge in [-0.25, -0.2) is 0 Å². The Morgan fingerprint density at radius 1 is 1.38 bits per heavy atom. The highest BCUT2D eigenvalue weighted by atomic mass is 35.5. The quantitative estimate of drug-likeness (QED) is 0.883. The van der Waals surface area contributed by atoms with E-state index >= 15 is 0 Å². The Labute approximate surface area is 132 Å². The molecule has 3 rings (SSSR count). The summed E-state index contributed by atoms with van der Waals surface area (Å²) in [5.74, 6) is 0.994. The predicted molar refractivity (Wildman–Crippen MR) is 84.9 cm³/mol. The summed E-state index contributed by atoms with van der Waals surface area (Å²) in [5.41, 5.74) is 0.827. The highest BCUT2D eigenvalue weighted by Gasteiger charge is 2.35. The van der Waals surface area contributed by atoms with Gasteiger partial charge in [-0.1, -0.05) is 18.2 Å². The molecule has 1 aromatic carbocycles. The van der Waals surface area contributed by atoms with Crippen molar-refractivity contribution >= 4 is 18.3 Å². The molecule has 1 saturated heterocycles. The minimum absolute atomic E-state index is 0. The standard InChI is InChI=1S/C16H22N2O2.ClH/c1-16(2)10-13(11-6-3-4-8-14(11)20-16)18-15(19)12-7-5-9-17-12;/h3-4,6,8,12-13,17H,5,7,9-10H2,1-2H3,(H,18,19);1H. The minimum Gasteiger partial charge on any atom is -0.487 e. The summed E-state index contributed by atoms with van der Waals surface area (Å²) in [4.78, 5) is 12.3. The molecular weight excluding hydrogens is 288 g/mol. The van der Waals surface area contributed by atoms with Gasteiger partial charge in [-0.05, 0) is 39.3 Å². The van der Waals surface area contributed by atoms with Gasteiger partial charge in [0.15, 0.2) is 0 Å². The number of carbonyl (C=O) groups is 1. The molecule has 0 aromatic heterocycles. The number of nitrogens with one attached hydrogen (secondary N) is 2. The van der Waals surface area contributed by atoms with Gasteiger partial charge in [0.2, 0.25) is 5.91 Å². The van der Waals surface area contributed by atoms with Gasteiger partial charge >= 0.3 is 0 Å². The van der Waals surface area contributed by atoms with Gasteiger partial charge in [0.25, 0.3) is 0 Å². The molecule has 1 aromatic rings. The lowest BCUT2D eigenvalue weighted by Gasteiger charge is -2.38. The van der Waals surface area contributed by atoms with E-state index in [0.717, 1.165) is 37.1 Å². The maximum absolute atomic E-state index is 12.3. The van der Waals surface area contributed by atoms with Crippen molar-refractivity contribution in [3.05, 3.63) is 29.8 Å². The van der Waals surface area contributed by atoms with Crippen LogP contribution in [0.1, 0.15) is 44.7 Å². The zero-order valence-electron chi connectivity index (χ0n) is 12.5. The molecule has 0 spiro atoms. The molecule has 116 valence electrons. The Kier molecular flexibility index (Phi) is 4.79. The SMILES string of the molecule is CC1(C)CC(NC(=O)C2CCCN2)c2ccccc2O1.Cl. The third kappa shape index (κ3) is 3.50. The Hall–Kier alpha value is -1.26. The average molecular weight is 311 g/mol. The van der Waals surface area contributed by atoms with E-state index in [4.69, 9.17) is 4.74 Å². The predicted octanol–water partition coefficient (Wildman–Crippen LogP) is 2.58. The van der Waals surface area contributed by atoms with Gasteiger partial charge in [-0.2, -0.15) is 0 Å². The number of hydrogen-bond donors (Lipinski definition) is 2. The van der Waals surface area contributed by atoms with Crippen LogP contribution in [0.4, 0.5) is 0 Å². The Balaban J connectivity index is 0.00000161. The van der Waals surface area contributed by atoms with E-state index in [1.807, 2.05) is 24.3 Å². The molecule has 2 N–H and O–H groups in total. The fourth-order valence-electron chi connectivity index (χ4n) is 3.11. The van der Waals surface area contributed by atoms with Crippen LogP contribution >= 0.6 is 12.4 Å². The molecule has 2 heterocycles. The molecule has 0 bridgehead atoms. The first-order valence-corrected chi connectivity index (χ1v) is 7.37. The van der Waals surface area contributed by atoms with E-state index in [9.17, 15) is 4.79 Å². The summed E-state index contributed by atoms with van der Waals surface area (Å²) in [6.45, 7) is 5.07. The summed E-state index contributed by atoms with van der Waals surface area (Å²) in [5, 5.41) is 6.44. The molecule has 2 atom stereocenters. The second kappa shape index (κ2) is 6.24. The number of fused-ring (bicyclic) bond motifs is 1. The smallest absolute Gasteiger partial charge is 0.237 e. The fourth-order valence-corrected chi connectivity index (χ4v) is 3.11. The molecule has 0 saturated carbocycles. The van der Waals surface area contributed by atoms with Crippen LogP contribution in [0.15, 0.2) is 24.3 Å². The number of para-hydroxylation sites is 1. The summed E-state index contributed by atoms with van der Waals surface area (Å²) in [6.07, 6.45) is 2.80. The minimum atomic E-state index is -0.255. The molecule has 4 nitrogen and oxygen atoms in total. The molecule has 21 heavy (non-hydrogen) atoms. The van der Waals surface area contributed by atoms with E-state index in [0.29, 0.717) is 0 Å². The number of amides is 1. The largest absolute Gasteiger partial charge is 0.487 e. The molecule has 2 unspecified atom stereocenters. The van der Waals surface area contributed by atoms with Crippen molar-refractivity contribution in [1.29, 1.82) is 0 Å². The van der Waals surface area contributed by atoms with Crippen molar-refractivity contribution in [2.75, 3.05) is 6.54 Å². The van der Waals surface area contributed by atoms with Crippen LogP contribution in [0.25, 0.3) is 0 Å². The van der Waals surface area contributed by atoms with Gasteiger partial charge in [0.05, 0.1) is 12.1 Å². The van der Waals surface area contributed by atoms with Crippen molar-refractivity contribution < 1.29 is 9.53 Å². The van der Waals surface area contributed by atoms with Crippen LogP contribution in [0, 0.1) is 0 Å². The maximum Gasteiger partial charge on any atom is 0.237 e. The van der Waals surface area contributed by atoms with Gasteiger partial charge in [0, 0.05) is 12.0 Å². The Morgan fingerprint density at radius 2 is 2.14 bits per heavy atom. The van der Waals surface area contributed by atoms with Crippen LogP contribution in [0.3, 0.4) is 0 Å². The van der Waals surface area contributed by atoms with E-state index in [2.05, 4.69) is 24.5 Å². The number of carbonyl (C=O) groups excluding carboxylic acids is 1. The topological polar surface area (TPSA) is 50.4 Å². The van der Waals surface area contributed by atoms with E-state index in [-0.39, 0.29) is 36.0 Å². The Bertz CT molecular complexity index is 513. The normalized spacial score (nSPS) is 26.2. The van der Waals surface area contributed by atoms with Gasteiger partial charge < -0.3 is 15.4 Å². The molecular formula is C16H23ClN2O2. The monoisotopic (exact) mass is 310 g/mol. The zero-order valence-corrected chi connectivity index (χ0v) is 13.3. The molecule has 2 aliphatic rings. The second-order valence-electron chi connectivity index (χ2n) is 6.31. The first-order valence-electron chi connectivity index (χ1n) is 7.37. The fraction of sp³-hybridized carbons (Fsp3) is 0.562. The number of benzene rings is 1. The number of hydrogen-bond acceptors (Lipinski definition) is 3. The molecule has 2 aliphatic heterocycles. The maximum atomic E-state index is 12.3.